The van der Waals surface area contributed by atoms with Gasteiger partial charge in [-0.1, -0.05) is 15.9 Å². The summed E-state index contributed by atoms with van der Waals surface area (Å²) in [5.41, 5.74) is 0.527. The Bertz CT molecular complexity index is 664. The van der Waals surface area contributed by atoms with Crippen LogP contribution in [0.15, 0.2) is 27.5 Å². The van der Waals surface area contributed by atoms with Gasteiger partial charge in [0.15, 0.2) is 0 Å². The summed E-state index contributed by atoms with van der Waals surface area (Å²) in [5.74, 6) is 0.877. The van der Waals surface area contributed by atoms with Crippen molar-refractivity contribution in [3.63, 3.8) is 0 Å². The van der Waals surface area contributed by atoms with Gasteiger partial charge < -0.3 is 10.4 Å². The predicted molar refractivity (Wildman–Crippen MR) is 77.3 cm³/mol. The van der Waals surface area contributed by atoms with Gasteiger partial charge in [-0.25, -0.2) is 4.98 Å². The van der Waals surface area contributed by atoms with E-state index < -0.39 is 0 Å². The molecule has 3 rings (SSSR count). The SMILES string of the molecule is O=c1[nH]c(NC2CC(CO)C2)nc2ccc(Br)cc12. The van der Waals surface area contributed by atoms with E-state index >= 15 is 0 Å². The first-order valence-electron chi connectivity index (χ1n) is 6.22. The van der Waals surface area contributed by atoms with E-state index in [4.69, 9.17) is 5.11 Å². The molecule has 0 saturated heterocycles. The van der Waals surface area contributed by atoms with Crippen molar-refractivity contribution in [2.75, 3.05) is 11.9 Å². The van der Waals surface area contributed by atoms with Crippen LogP contribution < -0.4 is 10.9 Å². The lowest BCUT2D eigenvalue weighted by Crippen LogP contribution is -2.38. The van der Waals surface area contributed by atoms with E-state index in [0.717, 1.165) is 17.3 Å². The monoisotopic (exact) mass is 323 g/mol. The van der Waals surface area contributed by atoms with Crippen LogP contribution in [0.4, 0.5) is 5.95 Å². The Labute approximate surface area is 118 Å². The van der Waals surface area contributed by atoms with E-state index in [1.807, 2.05) is 12.1 Å². The van der Waals surface area contributed by atoms with Crippen LogP contribution in [0.5, 0.6) is 0 Å². The quantitative estimate of drug-likeness (QED) is 0.805. The average molecular weight is 324 g/mol. The normalized spacial score (nSPS) is 22.2. The molecule has 1 aromatic heterocycles. The van der Waals surface area contributed by atoms with Gasteiger partial charge in [-0.15, -0.1) is 0 Å². The number of nitrogens with one attached hydrogen (secondary N) is 2. The van der Waals surface area contributed by atoms with Crippen LogP contribution in [0.1, 0.15) is 12.8 Å². The molecule has 6 heteroatoms. The summed E-state index contributed by atoms with van der Waals surface area (Å²) < 4.78 is 0.859. The molecule has 3 N–H and O–H groups in total. The Morgan fingerprint density at radius 3 is 3.00 bits per heavy atom. The second kappa shape index (κ2) is 4.94. The highest BCUT2D eigenvalue weighted by atomic mass is 79.9. The van der Waals surface area contributed by atoms with Gasteiger partial charge in [-0.2, -0.15) is 0 Å². The second-order valence-electron chi connectivity index (χ2n) is 4.94. The van der Waals surface area contributed by atoms with Gasteiger partial charge in [0.2, 0.25) is 5.95 Å². The van der Waals surface area contributed by atoms with Gasteiger partial charge in [0, 0.05) is 17.1 Å². The lowest BCUT2D eigenvalue weighted by atomic mass is 9.81. The van der Waals surface area contributed by atoms with E-state index in [1.165, 1.54) is 0 Å². The Morgan fingerprint density at radius 2 is 2.26 bits per heavy atom. The predicted octanol–water partition coefficient (Wildman–Crippen LogP) is 1.87. The Hall–Kier alpha value is -1.40. The summed E-state index contributed by atoms with van der Waals surface area (Å²) in [4.78, 5) is 19.1. The first-order chi connectivity index (χ1) is 9.15. The summed E-state index contributed by atoms with van der Waals surface area (Å²) in [5, 5.41) is 12.7. The fourth-order valence-electron chi connectivity index (χ4n) is 2.38. The maximum Gasteiger partial charge on any atom is 0.260 e. The van der Waals surface area contributed by atoms with Crippen molar-refractivity contribution in [1.82, 2.24) is 9.97 Å². The third-order valence-electron chi connectivity index (χ3n) is 3.50. The number of hydrogen-bond acceptors (Lipinski definition) is 4. The summed E-state index contributed by atoms with van der Waals surface area (Å²) in [6.45, 7) is 0.230. The van der Waals surface area contributed by atoms with Gasteiger partial charge in [0.25, 0.3) is 5.56 Å². The zero-order valence-corrected chi connectivity index (χ0v) is 11.8. The van der Waals surface area contributed by atoms with Gasteiger partial charge in [-0.05, 0) is 37.0 Å². The maximum atomic E-state index is 12.0. The molecule has 0 unspecified atom stereocenters. The summed E-state index contributed by atoms with van der Waals surface area (Å²) in [7, 11) is 0. The fraction of sp³-hybridized carbons (Fsp3) is 0.385. The van der Waals surface area contributed by atoms with Crippen molar-refractivity contribution >= 4 is 32.8 Å². The number of halogens is 1. The van der Waals surface area contributed by atoms with Gasteiger partial charge >= 0.3 is 0 Å². The largest absolute Gasteiger partial charge is 0.396 e. The molecular weight excluding hydrogens is 310 g/mol. The van der Waals surface area contributed by atoms with Crippen LogP contribution in [0, 0.1) is 5.92 Å². The highest BCUT2D eigenvalue weighted by Crippen LogP contribution is 2.28. The number of aliphatic hydroxyl groups is 1. The van der Waals surface area contributed by atoms with Crippen LogP contribution in [-0.4, -0.2) is 27.7 Å². The molecule has 1 fully saturated rings. The summed E-state index contributed by atoms with van der Waals surface area (Å²) >= 11 is 3.34. The highest BCUT2D eigenvalue weighted by Gasteiger charge is 2.28. The fourth-order valence-corrected chi connectivity index (χ4v) is 2.74. The number of fused-ring (bicyclic) bond motifs is 1. The lowest BCUT2D eigenvalue weighted by Gasteiger charge is -2.34. The van der Waals surface area contributed by atoms with E-state index in [1.54, 1.807) is 6.07 Å². The lowest BCUT2D eigenvalue weighted by molar-refractivity contribution is 0.151. The smallest absolute Gasteiger partial charge is 0.260 e. The Balaban J connectivity index is 1.85. The molecule has 100 valence electrons. The summed E-state index contributed by atoms with van der Waals surface area (Å²) in [6, 6.07) is 5.73. The third-order valence-corrected chi connectivity index (χ3v) is 4.00. The molecule has 2 aromatic rings. The number of hydrogen-bond donors (Lipinski definition) is 3. The van der Waals surface area contributed by atoms with Crippen molar-refractivity contribution in [2.24, 2.45) is 5.92 Å². The number of aromatic amines is 1. The van der Waals surface area contributed by atoms with Crippen LogP contribution in [-0.2, 0) is 0 Å². The molecule has 0 radical (unpaired) electrons. The van der Waals surface area contributed by atoms with E-state index in [2.05, 4.69) is 31.2 Å². The molecule has 0 bridgehead atoms. The van der Waals surface area contributed by atoms with Crippen molar-refractivity contribution in [2.45, 2.75) is 18.9 Å². The van der Waals surface area contributed by atoms with Crippen LogP contribution in [0.2, 0.25) is 0 Å². The number of benzene rings is 1. The molecule has 1 aliphatic carbocycles. The number of aliphatic hydroxyl groups excluding tert-OH is 1. The molecule has 19 heavy (non-hydrogen) atoms. The van der Waals surface area contributed by atoms with Gasteiger partial charge in [0.1, 0.15) is 0 Å². The topological polar surface area (TPSA) is 78.0 Å². The van der Waals surface area contributed by atoms with Gasteiger partial charge in [0.05, 0.1) is 10.9 Å². The van der Waals surface area contributed by atoms with E-state index in [-0.39, 0.29) is 18.2 Å². The highest BCUT2D eigenvalue weighted by molar-refractivity contribution is 9.10. The van der Waals surface area contributed by atoms with Crippen molar-refractivity contribution in [3.05, 3.63) is 33.0 Å². The molecule has 1 aromatic carbocycles. The van der Waals surface area contributed by atoms with Crippen molar-refractivity contribution < 1.29 is 5.11 Å². The third kappa shape index (κ3) is 2.50. The Kier molecular flexibility index (Phi) is 3.28. The number of aromatic nitrogens is 2. The molecule has 1 aliphatic rings. The minimum absolute atomic E-state index is 0.146. The van der Waals surface area contributed by atoms with Crippen molar-refractivity contribution in [3.8, 4) is 0 Å². The van der Waals surface area contributed by atoms with E-state index in [9.17, 15) is 4.79 Å². The molecule has 1 saturated carbocycles. The zero-order valence-electron chi connectivity index (χ0n) is 10.2. The standard InChI is InChI=1S/C13H14BrN3O2/c14-8-1-2-11-10(5-8)12(19)17-13(16-11)15-9-3-7(4-9)6-18/h1-2,5,7,9,18H,3-4,6H2,(H2,15,16,17,19). The zero-order chi connectivity index (χ0) is 13.4. The van der Waals surface area contributed by atoms with Gasteiger partial charge in [-0.3, -0.25) is 9.78 Å². The number of anilines is 1. The van der Waals surface area contributed by atoms with Crippen LogP contribution >= 0.6 is 15.9 Å². The first-order valence-corrected chi connectivity index (χ1v) is 7.02. The number of rotatable bonds is 3. The molecule has 5 nitrogen and oxygen atoms in total. The van der Waals surface area contributed by atoms with Crippen LogP contribution in [0.3, 0.4) is 0 Å². The minimum atomic E-state index is -0.146. The molecular formula is C13H14BrN3O2. The average Bonchev–Trinajstić information content (AvgIpc) is 2.34. The second-order valence-corrected chi connectivity index (χ2v) is 5.85. The maximum absolute atomic E-state index is 12.0. The molecule has 0 atom stereocenters. The van der Waals surface area contributed by atoms with E-state index in [0.29, 0.717) is 22.8 Å². The molecule has 1 heterocycles. The first kappa shape index (κ1) is 12.6. The van der Waals surface area contributed by atoms with Crippen LogP contribution in [0.25, 0.3) is 10.9 Å². The Morgan fingerprint density at radius 1 is 1.47 bits per heavy atom. The molecule has 0 spiro atoms. The van der Waals surface area contributed by atoms with Crippen molar-refractivity contribution in [1.29, 1.82) is 0 Å². The minimum Gasteiger partial charge on any atom is -0.396 e. The molecule has 0 amide bonds. The molecule has 0 aliphatic heterocycles. The summed E-state index contributed by atoms with van der Waals surface area (Å²) in [6.07, 6.45) is 1.83. The number of nitrogens with zero attached hydrogens (tertiary/aromatic N) is 1. The number of H-pyrrole nitrogens is 1.